The molecule has 2 aliphatic rings. The van der Waals surface area contributed by atoms with E-state index >= 15 is 0 Å². The van der Waals surface area contributed by atoms with E-state index in [9.17, 15) is 0 Å². The lowest BCUT2D eigenvalue weighted by molar-refractivity contribution is -0.209. The summed E-state index contributed by atoms with van der Waals surface area (Å²) in [5.41, 5.74) is 0.369. The lowest BCUT2D eigenvalue weighted by Crippen LogP contribution is -2.52. The van der Waals surface area contributed by atoms with Gasteiger partial charge in [0.2, 0.25) is 0 Å². The van der Waals surface area contributed by atoms with Crippen LogP contribution in [0.4, 0.5) is 0 Å². The van der Waals surface area contributed by atoms with Crippen molar-refractivity contribution in [3.8, 4) is 0 Å². The Bertz CT molecular complexity index is 132. The molecule has 64 valence electrons. The summed E-state index contributed by atoms with van der Waals surface area (Å²) in [5.74, 6) is 0. The number of hydrogen-bond acceptors (Lipinski definition) is 1. The summed E-state index contributed by atoms with van der Waals surface area (Å²) in [6.07, 6.45) is 8.83. The van der Waals surface area contributed by atoms with Crippen LogP contribution in [0.15, 0.2) is 0 Å². The Labute approximate surface area is 82.0 Å². The highest BCUT2D eigenvalue weighted by atomic mass is 127. The number of halogens is 1. The highest BCUT2D eigenvalue weighted by Crippen LogP contribution is 2.44. The van der Waals surface area contributed by atoms with E-state index in [2.05, 4.69) is 22.6 Å². The van der Waals surface area contributed by atoms with Crippen molar-refractivity contribution in [2.45, 2.75) is 50.2 Å². The van der Waals surface area contributed by atoms with Gasteiger partial charge < -0.3 is 4.74 Å². The van der Waals surface area contributed by atoms with E-state index in [1.807, 2.05) is 0 Å². The first-order valence-corrected chi connectivity index (χ1v) is 6.11. The molecule has 0 amide bonds. The molecule has 11 heavy (non-hydrogen) atoms. The van der Waals surface area contributed by atoms with Crippen LogP contribution in [0, 0.1) is 0 Å². The second-order valence-electron chi connectivity index (χ2n) is 3.84. The van der Waals surface area contributed by atoms with Crippen molar-refractivity contribution < 1.29 is 4.74 Å². The highest BCUT2D eigenvalue weighted by Gasteiger charge is 2.44. The van der Waals surface area contributed by atoms with Gasteiger partial charge in [0.25, 0.3) is 0 Å². The van der Waals surface area contributed by atoms with Crippen LogP contribution in [-0.2, 0) is 4.74 Å². The maximum Gasteiger partial charge on any atom is 0.0711 e. The zero-order valence-corrected chi connectivity index (χ0v) is 8.97. The van der Waals surface area contributed by atoms with Crippen LogP contribution in [-0.4, -0.2) is 16.1 Å². The molecule has 1 saturated carbocycles. The minimum absolute atomic E-state index is 0.369. The first-order valence-electron chi connectivity index (χ1n) is 4.58. The Hall–Kier alpha value is 0.690. The average Bonchev–Trinajstić information content (AvgIpc) is 2.01. The molecule has 2 heteroatoms. The smallest absolute Gasteiger partial charge is 0.0711 e. The Morgan fingerprint density at radius 2 is 1.91 bits per heavy atom. The third-order valence-electron chi connectivity index (χ3n) is 2.95. The maximum atomic E-state index is 5.91. The highest BCUT2D eigenvalue weighted by molar-refractivity contribution is 14.1. The normalized spacial score (nSPS) is 35.2. The third kappa shape index (κ3) is 1.57. The molecule has 2 rings (SSSR count). The summed E-state index contributed by atoms with van der Waals surface area (Å²) in [6, 6.07) is 0. The first-order chi connectivity index (χ1) is 5.35. The van der Waals surface area contributed by atoms with E-state index in [0.29, 0.717) is 11.7 Å². The molecule has 0 aromatic carbocycles. The molecule has 1 aliphatic heterocycles. The van der Waals surface area contributed by atoms with Crippen molar-refractivity contribution in [1.29, 1.82) is 0 Å². The van der Waals surface area contributed by atoms with Crippen LogP contribution in [0.2, 0.25) is 0 Å². The van der Waals surface area contributed by atoms with Crippen LogP contribution in [0.1, 0.15) is 38.5 Å². The zero-order valence-electron chi connectivity index (χ0n) is 6.81. The molecule has 1 spiro atoms. The van der Waals surface area contributed by atoms with Crippen molar-refractivity contribution in [3.63, 3.8) is 0 Å². The third-order valence-corrected chi connectivity index (χ3v) is 3.94. The summed E-state index contributed by atoms with van der Waals surface area (Å²) in [7, 11) is 0. The molecule has 0 radical (unpaired) electrons. The van der Waals surface area contributed by atoms with Gasteiger partial charge >= 0.3 is 0 Å². The Morgan fingerprint density at radius 1 is 1.27 bits per heavy atom. The van der Waals surface area contributed by atoms with Gasteiger partial charge in [-0.1, -0.05) is 41.9 Å². The lowest BCUT2D eigenvalue weighted by atomic mass is 9.77. The van der Waals surface area contributed by atoms with Crippen LogP contribution in [0.3, 0.4) is 0 Å². The maximum absolute atomic E-state index is 5.91. The molecule has 1 atom stereocenters. The number of ether oxygens (including phenoxy) is 1. The molecular weight excluding hydrogens is 251 g/mol. The molecule has 1 heterocycles. The molecule has 1 aliphatic carbocycles. The molecular formula is C9H15IO. The summed E-state index contributed by atoms with van der Waals surface area (Å²) in [4.78, 5) is 0. The summed E-state index contributed by atoms with van der Waals surface area (Å²) >= 11 is 2.42. The van der Waals surface area contributed by atoms with Gasteiger partial charge in [0.05, 0.1) is 11.7 Å². The van der Waals surface area contributed by atoms with Gasteiger partial charge in [-0.05, 0) is 12.8 Å². The largest absolute Gasteiger partial charge is 0.371 e. The van der Waals surface area contributed by atoms with Crippen LogP contribution in [0.25, 0.3) is 0 Å². The monoisotopic (exact) mass is 266 g/mol. The van der Waals surface area contributed by atoms with Crippen molar-refractivity contribution in [2.75, 3.05) is 4.43 Å². The molecule has 0 bridgehead atoms. The van der Waals surface area contributed by atoms with Crippen LogP contribution >= 0.6 is 22.6 Å². The fourth-order valence-corrected chi connectivity index (χ4v) is 2.85. The van der Waals surface area contributed by atoms with Gasteiger partial charge in [0.15, 0.2) is 0 Å². The quantitative estimate of drug-likeness (QED) is 0.523. The molecule has 2 fully saturated rings. The van der Waals surface area contributed by atoms with Gasteiger partial charge in [-0.15, -0.1) is 0 Å². The number of rotatable bonds is 1. The van der Waals surface area contributed by atoms with E-state index in [0.717, 1.165) is 0 Å². The summed E-state index contributed by atoms with van der Waals surface area (Å²) in [5, 5.41) is 0. The SMILES string of the molecule is ICC1CC2(CCCCC2)O1. The van der Waals surface area contributed by atoms with Crippen LogP contribution in [0.5, 0.6) is 0 Å². The van der Waals surface area contributed by atoms with Crippen molar-refractivity contribution >= 4 is 22.6 Å². The van der Waals surface area contributed by atoms with Gasteiger partial charge in [-0.25, -0.2) is 0 Å². The minimum atomic E-state index is 0.369. The Balaban J connectivity index is 1.84. The molecule has 1 unspecified atom stereocenters. The van der Waals surface area contributed by atoms with E-state index in [1.165, 1.54) is 43.0 Å². The van der Waals surface area contributed by atoms with Crippen molar-refractivity contribution in [1.82, 2.24) is 0 Å². The molecule has 1 saturated heterocycles. The van der Waals surface area contributed by atoms with Gasteiger partial charge in [0, 0.05) is 10.8 Å². The first kappa shape index (κ1) is 8.30. The minimum Gasteiger partial charge on any atom is -0.371 e. The Morgan fingerprint density at radius 3 is 2.45 bits per heavy atom. The molecule has 1 nitrogen and oxygen atoms in total. The van der Waals surface area contributed by atoms with Crippen molar-refractivity contribution in [3.05, 3.63) is 0 Å². The summed E-state index contributed by atoms with van der Waals surface area (Å²) < 4.78 is 7.09. The fourth-order valence-electron chi connectivity index (χ4n) is 2.36. The average molecular weight is 266 g/mol. The topological polar surface area (TPSA) is 9.23 Å². The molecule has 0 N–H and O–H groups in total. The predicted octanol–water partition coefficient (Wildman–Crippen LogP) is 2.91. The fraction of sp³-hybridized carbons (Fsp3) is 1.00. The van der Waals surface area contributed by atoms with E-state index in [1.54, 1.807) is 0 Å². The lowest BCUT2D eigenvalue weighted by Gasteiger charge is -2.49. The standard InChI is InChI=1S/C9H15IO/c10-7-8-6-9(11-8)4-2-1-3-5-9/h8H,1-7H2. The van der Waals surface area contributed by atoms with Gasteiger partial charge in [0.1, 0.15) is 0 Å². The zero-order chi connectivity index (χ0) is 7.73. The van der Waals surface area contributed by atoms with Crippen LogP contribution < -0.4 is 0 Å². The number of alkyl halides is 1. The Kier molecular flexibility index (Phi) is 2.42. The van der Waals surface area contributed by atoms with E-state index < -0.39 is 0 Å². The van der Waals surface area contributed by atoms with Crippen molar-refractivity contribution in [2.24, 2.45) is 0 Å². The van der Waals surface area contributed by atoms with E-state index in [-0.39, 0.29) is 0 Å². The second-order valence-corrected chi connectivity index (χ2v) is 4.72. The van der Waals surface area contributed by atoms with Gasteiger partial charge in [-0.2, -0.15) is 0 Å². The predicted molar refractivity (Wildman–Crippen MR) is 54.2 cm³/mol. The summed E-state index contributed by atoms with van der Waals surface area (Å²) in [6.45, 7) is 0. The van der Waals surface area contributed by atoms with Gasteiger partial charge in [-0.3, -0.25) is 0 Å². The van der Waals surface area contributed by atoms with E-state index in [4.69, 9.17) is 4.74 Å². The second kappa shape index (κ2) is 3.21. The molecule has 0 aromatic heterocycles. The molecule has 0 aromatic rings. The number of hydrogen-bond donors (Lipinski definition) is 0.